The van der Waals surface area contributed by atoms with Crippen molar-refractivity contribution in [3.8, 4) is 5.13 Å². The van der Waals surface area contributed by atoms with Crippen molar-refractivity contribution >= 4 is 27.5 Å². The van der Waals surface area contributed by atoms with Gasteiger partial charge in [0.25, 0.3) is 0 Å². The van der Waals surface area contributed by atoms with E-state index in [-0.39, 0.29) is 5.97 Å². The van der Waals surface area contributed by atoms with Crippen LogP contribution < -0.4 is 5.32 Å². The molecule has 3 aromatic rings. The first-order valence-electron chi connectivity index (χ1n) is 7.66. The molecular weight excluding hydrogens is 324 g/mol. The number of nitrogens with zero attached hydrogens (tertiary/aromatic N) is 3. The first-order chi connectivity index (χ1) is 11.7. The minimum atomic E-state index is -0.375. The fourth-order valence-corrected chi connectivity index (χ4v) is 3.28. The van der Waals surface area contributed by atoms with E-state index in [4.69, 9.17) is 4.74 Å². The number of hydrogen-bond donors (Lipinski definition) is 1. The maximum absolute atomic E-state index is 12.2. The van der Waals surface area contributed by atoms with Crippen molar-refractivity contribution in [1.82, 2.24) is 20.1 Å². The second kappa shape index (κ2) is 7.37. The van der Waals surface area contributed by atoms with Crippen molar-refractivity contribution in [3.63, 3.8) is 0 Å². The third kappa shape index (κ3) is 3.22. The second-order valence-corrected chi connectivity index (χ2v) is 6.03. The van der Waals surface area contributed by atoms with Gasteiger partial charge in [-0.2, -0.15) is 5.10 Å². The molecule has 0 aliphatic rings. The van der Waals surface area contributed by atoms with E-state index in [1.807, 2.05) is 24.3 Å². The number of ether oxygens (including phenoxy) is 1. The summed E-state index contributed by atoms with van der Waals surface area (Å²) in [6.45, 7) is 6.90. The molecule has 0 aliphatic carbocycles. The molecule has 2 aromatic heterocycles. The summed E-state index contributed by atoms with van der Waals surface area (Å²) in [5, 5.41) is 8.29. The van der Waals surface area contributed by atoms with Crippen molar-refractivity contribution in [1.29, 1.82) is 0 Å². The Morgan fingerprint density at radius 2 is 2.29 bits per heavy atom. The summed E-state index contributed by atoms with van der Waals surface area (Å²) in [5.74, 6) is -0.375. The molecule has 1 N–H and O–H groups in total. The fourth-order valence-electron chi connectivity index (χ4n) is 2.33. The fraction of sp³-hybridized carbons (Fsp3) is 0.235. The Labute approximate surface area is 143 Å². The van der Waals surface area contributed by atoms with Crippen molar-refractivity contribution in [2.75, 3.05) is 13.2 Å². The summed E-state index contributed by atoms with van der Waals surface area (Å²) in [7, 11) is 0. The van der Waals surface area contributed by atoms with Crippen molar-refractivity contribution in [3.05, 3.63) is 54.4 Å². The van der Waals surface area contributed by atoms with Gasteiger partial charge in [-0.25, -0.2) is 14.5 Å². The minimum absolute atomic E-state index is 0.324. The maximum atomic E-state index is 12.2. The Balaban J connectivity index is 2.02. The molecule has 124 valence electrons. The van der Waals surface area contributed by atoms with Crippen LogP contribution in [-0.4, -0.2) is 33.9 Å². The molecule has 0 bridgehead atoms. The molecule has 0 saturated carbocycles. The number of carbonyl (C=O) groups excluding carboxylic acids is 1. The highest BCUT2D eigenvalue weighted by Gasteiger charge is 2.20. The molecule has 0 radical (unpaired) electrons. The molecular formula is C17H18N4O2S. The van der Waals surface area contributed by atoms with Crippen LogP contribution in [0.25, 0.3) is 15.3 Å². The molecule has 2 heterocycles. The summed E-state index contributed by atoms with van der Waals surface area (Å²) in [5.41, 5.74) is 2.10. The monoisotopic (exact) mass is 342 g/mol. The summed E-state index contributed by atoms with van der Waals surface area (Å²) >= 11 is 1.53. The first-order valence-corrected chi connectivity index (χ1v) is 8.47. The molecule has 0 atom stereocenters. The number of para-hydroxylation sites is 1. The van der Waals surface area contributed by atoms with Crippen LogP contribution in [0.2, 0.25) is 0 Å². The number of fused-ring (bicyclic) bond motifs is 1. The average Bonchev–Trinajstić information content (AvgIpc) is 3.18. The van der Waals surface area contributed by atoms with Gasteiger partial charge in [-0.1, -0.05) is 29.5 Å². The zero-order chi connectivity index (χ0) is 16.9. The Bertz CT molecular complexity index is 835. The normalized spacial score (nSPS) is 10.9. The summed E-state index contributed by atoms with van der Waals surface area (Å²) in [6.07, 6.45) is 3.30. The predicted octanol–water partition coefficient (Wildman–Crippen LogP) is 2.93. The van der Waals surface area contributed by atoms with Crippen LogP contribution >= 0.6 is 11.3 Å². The van der Waals surface area contributed by atoms with E-state index in [9.17, 15) is 4.79 Å². The third-order valence-corrected chi connectivity index (χ3v) is 4.42. The second-order valence-electron chi connectivity index (χ2n) is 5.02. The van der Waals surface area contributed by atoms with E-state index >= 15 is 0 Å². The van der Waals surface area contributed by atoms with Gasteiger partial charge in [-0.05, 0) is 19.1 Å². The van der Waals surface area contributed by atoms with Gasteiger partial charge < -0.3 is 10.1 Å². The largest absolute Gasteiger partial charge is 0.462 e. The highest BCUT2D eigenvalue weighted by Crippen LogP contribution is 2.26. The maximum Gasteiger partial charge on any atom is 0.341 e. The highest BCUT2D eigenvalue weighted by molar-refractivity contribution is 7.20. The number of rotatable bonds is 7. The van der Waals surface area contributed by atoms with Crippen molar-refractivity contribution in [2.45, 2.75) is 13.5 Å². The lowest BCUT2D eigenvalue weighted by Gasteiger charge is -2.07. The lowest BCUT2D eigenvalue weighted by Crippen LogP contribution is -2.19. The lowest BCUT2D eigenvalue weighted by atomic mass is 10.2. The van der Waals surface area contributed by atoms with Gasteiger partial charge in [0.05, 0.1) is 28.7 Å². The third-order valence-electron chi connectivity index (χ3n) is 3.41. The molecule has 6 nitrogen and oxygen atoms in total. The number of hydrogen-bond acceptors (Lipinski definition) is 6. The topological polar surface area (TPSA) is 69.0 Å². The van der Waals surface area contributed by atoms with Gasteiger partial charge in [0.1, 0.15) is 5.56 Å². The van der Waals surface area contributed by atoms with Gasteiger partial charge in [-0.3, -0.25) is 0 Å². The van der Waals surface area contributed by atoms with Crippen LogP contribution in [0.1, 0.15) is 23.0 Å². The summed E-state index contributed by atoms with van der Waals surface area (Å²) in [6, 6.07) is 7.90. The van der Waals surface area contributed by atoms with E-state index in [0.29, 0.717) is 25.3 Å². The van der Waals surface area contributed by atoms with Crippen LogP contribution in [0.4, 0.5) is 0 Å². The molecule has 7 heteroatoms. The SMILES string of the molecule is C=CCNCc1c(C(=O)OCC)cnn1-c1nc2ccccc2s1. The van der Waals surface area contributed by atoms with Gasteiger partial charge in [-0.15, -0.1) is 6.58 Å². The number of nitrogens with one attached hydrogen (secondary N) is 1. The molecule has 0 unspecified atom stereocenters. The van der Waals surface area contributed by atoms with E-state index in [0.717, 1.165) is 21.0 Å². The zero-order valence-electron chi connectivity index (χ0n) is 13.4. The molecule has 0 saturated heterocycles. The van der Waals surface area contributed by atoms with Crippen LogP contribution in [-0.2, 0) is 11.3 Å². The van der Waals surface area contributed by atoms with Crippen LogP contribution in [0.15, 0.2) is 43.1 Å². The smallest absolute Gasteiger partial charge is 0.341 e. The Hall–Kier alpha value is -2.51. The van der Waals surface area contributed by atoms with Crippen LogP contribution in [0.3, 0.4) is 0 Å². The standard InChI is InChI=1S/C17H18N4O2S/c1-3-9-18-11-14-12(16(22)23-4-2)10-19-21(14)17-20-13-7-5-6-8-15(13)24-17/h3,5-8,10,18H,1,4,9,11H2,2H3. The zero-order valence-corrected chi connectivity index (χ0v) is 14.2. The van der Waals surface area contributed by atoms with Crippen LogP contribution in [0.5, 0.6) is 0 Å². The van der Waals surface area contributed by atoms with E-state index in [1.54, 1.807) is 17.7 Å². The number of esters is 1. The van der Waals surface area contributed by atoms with Crippen molar-refractivity contribution in [2.24, 2.45) is 0 Å². The summed E-state index contributed by atoms with van der Waals surface area (Å²) in [4.78, 5) is 16.8. The Morgan fingerprint density at radius 1 is 1.46 bits per heavy atom. The van der Waals surface area contributed by atoms with E-state index in [1.165, 1.54) is 17.5 Å². The number of thiazole rings is 1. The van der Waals surface area contributed by atoms with E-state index in [2.05, 4.69) is 22.0 Å². The number of carbonyl (C=O) groups is 1. The number of benzene rings is 1. The quantitative estimate of drug-likeness (QED) is 0.406. The average molecular weight is 342 g/mol. The van der Waals surface area contributed by atoms with Gasteiger partial charge in [0.15, 0.2) is 0 Å². The van der Waals surface area contributed by atoms with Gasteiger partial charge >= 0.3 is 5.97 Å². The molecule has 0 spiro atoms. The highest BCUT2D eigenvalue weighted by atomic mass is 32.1. The molecule has 0 fully saturated rings. The molecule has 3 rings (SSSR count). The van der Waals surface area contributed by atoms with Crippen LogP contribution in [0, 0.1) is 0 Å². The minimum Gasteiger partial charge on any atom is -0.462 e. The van der Waals surface area contributed by atoms with Gasteiger partial charge in [0.2, 0.25) is 5.13 Å². The Kier molecular flexibility index (Phi) is 5.02. The predicted molar refractivity (Wildman–Crippen MR) is 94.6 cm³/mol. The van der Waals surface area contributed by atoms with Crippen molar-refractivity contribution < 1.29 is 9.53 Å². The first kappa shape index (κ1) is 16.4. The molecule has 24 heavy (non-hydrogen) atoms. The summed E-state index contributed by atoms with van der Waals surface area (Å²) < 4.78 is 7.90. The molecule has 0 aliphatic heterocycles. The van der Waals surface area contributed by atoms with Gasteiger partial charge in [0, 0.05) is 13.1 Å². The molecule has 0 amide bonds. The van der Waals surface area contributed by atoms with E-state index < -0.39 is 0 Å². The molecule has 1 aromatic carbocycles. The number of aromatic nitrogens is 3. The Morgan fingerprint density at radius 3 is 3.04 bits per heavy atom. The lowest BCUT2D eigenvalue weighted by molar-refractivity contribution is 0.0525.